The first-order valence-corrected chi connectivity index (χ1v) is 9.59. The second-order valence-corrected chi connectivity index (χ2v) is 7.51. The number of thiazole rings is 1. The summed E-state index contributed by atoms with van der Waals surface area (Å²) >= 11 is 1.60. The van der Waals surface area contributed by atoms with E-state index in [1.165, 1.54) is 5.56 Å². The molecule has 2 aliphatic rings. The van der Waals surface area contributed by atoms with Gasteiger partial charge < -0.3 is 14.4 Å². The number of nitrogens with zero attached hydrogens (tertiary/aromatic N) is 2. The van der Waals surface area contributed by atoms with Gasteiger partial charge in [-0.3, -0.25) is 4.79 Å². The van der Waals surface area contributed by atoms with Crippen LogP contribution >= 0.6 is 11.3 Å². The summed E-state index contributed by atoms with van der Waals surface area (Å²) in [6, 6.07) is 8.00. The van der Waals surface area contributed by atoms with Crippen molar-refractivity contribution in [3.05, 3.63) is 51.5 Å². The molecular formula is C19H22N2O3S. The van der Waals surface area contributed by atoms with Crippen LogP contribution in [0.2, 0.25) is 0 Å². The smallest absolute Gasteiger partial charge is 0.254 e. The van der Waals surface area contributed by atoms with E-state index in [4.69, 9.17) is 9.47 Å². The molecular weight excluding hydrogens is 336 g/mol. The average molecular weight is 358 g/mol. The highest BCUT2D eigenvalue weighted by atomic mass is 32.1. The number of ether oxygens (including phenoxy) is 2. The van der Waals surface area contributed by atoms with Gasteiger partial charge in [0.1, 0.15) is 11.1 Å². The van der Waals surface area contributed by atoms with Gasteiger partial charge in [0.2, 0.25) is 0 Å². The first-order valence-electron chi connectivity index (χ1n) is 8.71. The van der Waals surface area contributed by atoms with Crippen molar-refractivity contribution in [1.29, 1.82) is 0 Å². The van der Waals surface area contributed by atoms with Crippen molar-refractivity contribution >= 4 is 17.2 Å². The number of amides is 1. The topological polar surface area (TPSA) is 51.7 Å². The summed E-state index contributed by atoms with van der Waals surface area (Å²) in [6.45, 7) is 5.26. The largest absolute Gasteiger partial charge is 0.381 e. The standard InChI is InChI=1S/C19H22N2O3S/c1-13-12-25-18(20-13)17-10-21(6-8-24-17)19(22)15-4-2-3-14(9-15)16-5-7-23-11-16/h2-4,9,12,16-17H,5-8,10-11H2,1H3. The SMILES string of the molecule is Cc1csc(C2CN(C(=O)c3cccc(C4CCOC4)c3)CCO2)n1. The van der Waals surface area contributed by atoms with Crippen LogP contribution in [0.5, 0.6) is 0 Å². The minimum absolute atomic E-state index is 0.0716. The molecule has 0 aliphatic carbocycles. The lowest BCUT2D eigenvalue weighted by Gasteiger charge is -2.32. The molecule has 1 amide bonds. The summed E-state index contributed by atoms with van der Waals surface area (Å²) in [7, 11) is 0. The fourth-order valence-electron chi connectivity index (χ4n) is 3.41. The second-order valence-electron chi connectivity index (χ2n) is 6.62. The van der Waals surface area contributed by atoms with Gasteiger partial charge in [-0.2, -0.15) is 0 Å². The van der Waals surface area contributed by atoms with Crippen LogP contribution < -0.4 is 0 Å². The molecule has 0 spiro atoms. The number of carbonyl (C=O) groups is 1. The molecule has 5 nitrogen and oxygen atoms in total. The number of morpholine rings is 1. The minimum atomic E-state index is -0.122. The molecule has 0 bridgehead atoms. The second kappa shape index (κ2) is 7.23. The third-order valence-corrected chi connectivity index (χ3v) is 5.86. The van der Waals surface area contributed by atoms with E-state index in [1.807, 2.05) is 35.4 Å². The highest BCUT2D eigenvalue weighted by Gasteiger charge is 2.28. The van der Waals surface area contributed by atoms with Crippen LogP contribution in [0.1, 0.15) is 45.1 Å². The summed E-state index contributed by atoms with van der Waals surface area (Å²) in [5, 5.41) is 2.97. The zero-order chi connectivity index (χ0) is 17.2. The molecule has 132 valence electrons. The Labute approximate surface area is 151 Å². The Balaban J connectivity index is 1.49. The number of aryl methyl sites for hydroxylation is 1. The Morgan fingerprint density at radius 2 is 2.28 bits per heavy atom. The number of hydrogen-bond donors (Lipinski definition) is 0. The van der Waals surface area contributed by atoms with Gasteiger partial charge in [0.15, 0.2) is 0 Å². The molecule has 0 radical (unpaired) electrons. The van der Waals surface area contributed by atoms with Gasteiger partial charge in [-0.15, -0.1) is 11.3 Å². The Morgan fingerprint density at radius 3 is 3.04 bits per heavy atom. The predicted octanol–water partition coefficient (Wildman–Crippen LogP) is 3.17. The van der Waals surface area contributed by atoms with Gasteiger partial charge >= 0.3 is 0 Å². The zero-order valence-corrected chi connectivity index (χ0v) is 15.1. The molecule has 2 unspecified atom stereocenters. The van der Waals surface area contributed by atoms with Crippen LogP contribution in [0.4, 0.5) is 0 Å². The number of rotatable bonds is 3. The molecule has 6 heteroatoms. The molecule has 2 saturated heterocycles. The molecule has 2 fully saturated rings. The molecule has 4 rings (SSSR count). The van der Waals surface area contributed by atoms with Crippen LogP contribution in [0.3, 0.4) is 0 Å². The number of hydrogen-bond acceptors (Lipinski definition) is 5. The van der Waals surface area contributed by atoms with E-state index < -0.39 is 0 Å². The Kier molecular flexibility index (Phi) is 4.83. The molecule has 25 heavy (non-hydrogen) atoms. The maximum Gasteiger partial charge on any atom is 0.254 e. The summed E-state index contributed by atoms with van der Waals surface area (Å²) in [5.74, 6) is 0.478. The van der Waals surface area contributed by atoms with E-state index in [9.17, 15) is 4.79 Å². The van der Waals surface area contributed by atoms with Crippen LogP contribution in [0, 0.1) is 6.92 Å². The van der Waals surface area contributed by atoms with Gasteiger partial charge in [-0.1, -0.05) is 12.1 Å². The van der Waals surface area contributed by atoms with Gasteiger partial charge in [0.05, 0.1) is 19.8 Å². The normalized spacial score (nSPS) is 23.8. The van der Waals surface area contributed by atoms with Crippen LogP contribution in [-0.2, 0) is 9.47 Å². The summed E-state index contributed by atoms with van der Waals surface area (Å²) in [4.78, 5) is 19.4. The number of carbonyl (C=O) groups excluding carboxylic acids is 1. The van der Waals surface area contributed by atoms with Crippen molar-refractivity contribution < 1.29 is 14.3 Å². The fourth-order valence-corrected chi connectivity index (χ4v) is 4.24. The molecule has 0 N–H and O–H groups in total. The van der Waals surface area contributed by atoms with E-state index >= 15 is 0 Å². The monoisotopic (exact) mass is 358 g/mol. The van der Waals surface area contributed by atoms with Crippen molar-refractivity contribution in [2.75, 3.05) is 32.9 Å². The zero-order valence-electron chi connectivity index (χ0n) is 14.3. The molecule has 3 heterocycles. The maximum absolute atomic E-state index is 13.0. The molecule has 2 atom stereocenters. The third kappa shape index (κ3) is 3.61. The maximum atomic E-state index is 13.0. The van der Waals surface area contributed by atoms with Gasteiger partial charge in [0.25, 0.3) is 5.91 Å². The molecule has 2 aromatic rings. The quantitative estimate of drug-likeness (QED) is 0.846. The average Bonchev–Trinajstić information content (AvgIpc) is 3.33. The summed E-state index contributed by atoms with van der Waals surface area (Å²) in [6.07, 6.45) is 0.906. The van der Waals surface area contributed by atoms with Crippen LogP contribution in [0.25, 0.3) is 0 Å². The first-order chi connectivity index (χ1) is 12.2. The highest BCUT2D eigenvalue weighted by molar-refractivity contribution is 7.09. The van der Waals surface area contributed by atoms with Crippen molar-refractivity contribution in [3.8, 4) is 0 Å². The molecule has 2 aliphatic heterocycles. The van der Waals surface area contributed by atoms with Gasteiger partial charge in [-0.25, -0.2) is 4.98 Å². The lowest BCUT2D eigenvalue weighted by Crippen LogP contribution is -2.42. The Bertz CT molecular complexity index is 755. The van der Waals surface area contributed by atoms with E-state index in [2.05, 4.69) is 11.1 Å². The van der Waals surface area contributed by atoms with Crippen LogP contribution in [0.15, 0.2) is 29.6 Å². The minimum Gasteiger partial charge on any atom is -0.381 e. The lowest BCUT2D eigenvalue weighted by atomic mass is 9.96. The lowest BCUT2D eigenvalue weighted by molar-refractivity contribution is -0.0229. The van der Waals surface area contributed by atoms with Crippen molar-refractivity contribution in [2.24, 2.45) is 0 Å². The third-order valence-electron chi connectivity index (χ3n) is 4.80. The molecule has 0 saturated carbocycles. The van der Waals surface area contributed by atoms with Crippen molar-refractivity contribution in [2.45, 2.75) is 25.4 Å². The van der Waals surface area contributed by atoms with E-state index in [-0.39, 0.29) is 12.0 Å². The predicted molar refractivity (Wildman–Crippen MR) is 96.1 cm³/mol. The van der Waals surface area contributed by atoms with Gasteiger partial charge in [-0.05, 0) is 31.0 Å². The highest BCUT2D eigenvalue weighted by Crippen LogP contribution is 2.28. The van der Waals surface area contributed by atoms with Gasteiger partial charge in [0, 0.05) is 35.7 Å². The Hall–Kier alpha value is -1.76. The van der Waals surface area contributed by atoms with E-state index in [1.54, 1.807) is 11.3 Å². The molecule has 1 aromatic carbocycles. The van der Waals surface area contributed by atoms with E-state index in [0.29, 0.717) is 25.6 Å². The summed E-state index contributed by atoms with van der Waals surface area (Å²) < 4.78 is 11.3. The number of benzene rings is 1. The number of aromatic nitrogens is 1. The molecule has 1 aromatic heterocycles. The summed E-state index contributed by atoms with van der Waals surface area (Å²) in [5.41, 5.74) is 2.95. The van der Waals surface area contributed by atoms with Crippen LogP contribution in [-0.4, -0.2) is 48.7 Å². The van der Waals surface area contributed by atoms with E-state index in [0.717, 1.165) is 35.9 Å². The fraction of sp³-hybridized carbons (Fsp3) is 0.474. The Morgan fingerprint density at radius 1 is 1.36 bits per heavy atom. The van der Waals surface area contributed by atoms with Crippen molar-refractivity contribution in [3.63, 3.8) is 0 Å². The van der Waals surface area contributed by atoms with Crippen molar-refractivity contribution in [1.82, 2.24) is 9.88 Å². The first kappa shape index (κ1) is 16.7.